The van der Waals surface area contributed by atoms with Gasteiger partial charge in [0.1, 0.15) is 28.8 Å². The van der Waals surface area contributed by atoms with Crippen LogP contribution in [0.15, 0.2) is 38.2 Å². The third-order valence-corrected chi connectivity index (χ3v) is 8.72. The topological polar surface area (TPSA) is 187 Å². The maximum atomic E-state index is 13.6. The molecule has 0 bridgehead atoms. The summed E-state index contributed by atoms with van der Waals surface area (Å²) in [6.45, 7) is 7.85. The van der Waals surface area contributed by atoms with Gasteiger partial charge in [-0.1, -0.05) is 4.74 Å². The molecule has 14 nitrogen and oxygen atoms in total. The van der Waals surface area contributed by atoms with Crippen molar-refractivity contribution in [3.05, 3.63) is 40.2 Å². The predicted octanol–water partition coefficient (Wildman–Crippen LogP) is 5.29. The lowest BCUT2D eigenvalue weighted by molar-refractivity contribution is -0.154. The Balaban J connectivity index is 1.50. The maximum absolute atomic E-state index is 13.6. The van der Waals surface area contributed by atoms with Gasteiger partial charge in [-0.2, -0.15) is 0 Å². The van der Waals surface area contributed by atoms with E-state index in [1.54, 1.807) is 39.0 Å². The summed E-state index contributed by atoms with van der Waals surface area (Å²) >= 11 is 0. The molecule has 3 unspecified atom stereocenters. The third kappa shape index (κ3) is 12.6. The zero-order chi connectivity index (χ0) is 35.3. The summed E-state index contributed by atoms with van der Waals surface area (Å²) in [6.07, 6.45) is 3.40. The van der Waals surface area contributed by atoms with Crippen LogP contribution < -0.4 is 15.7 Å². The molecule has 1 aromatic heterocycles. The number of carbonyl (C=O) groups excluding carboxylic acids is 4. The minimum Gasteiger partial charge on any atom is -0.493 e. The molecule has 16 heteroatoms. The number of hydrogen-bond donors (Lipinski definition) is 2. The van der Waals surface area contributed by atoms with Crippen molar-refractivity contribution in [2.24, 2.45) is 4.74 Å². The van der Waals surface area contributed by atoms with E-state index >= 15 is 0 Å². The molecule has 262 valence electrons. The number of ether oxygens (including phenoxy) is 3. The average Bonchev–Trinajstić information content (AvgIpc) is 3.49. The number of benzene rings is 1. The zero-order valence-electron chi connectivity index (χ0n) is 27.8. The summed E-state index contributed by atoms with van der Waals surface area (Å²) in [5, 5.41) is 10.6. The minimum atomic E-state index is -1.50. The second-order valence-corrected chi connectivity index (χ2v) is 14.6. The third-order valence-electron chi connectivity index (χ3n) is 7.12. The lowest BCUT2D eigenvalue weighted by atomic mass is 10.1. The van der Waals surface area contributed by atoms with E-state index in [2.05, 4.69) is 19.0 Å². The number of esters is 1. The van der Waals surface area contributed by atoms with E-state index in [4.69, 9.17) is 28.6 Å². The normalized spacial score (nSPS) is 15.5. The number of hydrogen-bond acceptors (Lipinski definition) is 12. The second-order valence-electron chi connectivity index (χ2n) is 12.3. The zero-order valence-corrected chi connectivity index (χ0v) is 29.9. The van der Waals surface area contributed by atoms with Crippen molar-refractivity contribution in [2.45, 2.75) is 90.3 Å². The standard InChI is InChI=1S/C32H44N4O10P2/c1-21(37)17-22-18-28(38)45-27-19-23(11-12-24(22)27)42-15-8-16-43-30(40)26-10-7-14-36(26)29(39)25(35-48(47)44-20-33)9-5-6-13-34-31(41)46-32(2,3)4/h11-12,18-20,25-26,33H,5-10,13-17,47H2,1-4H3/p+1/t25-,26?/m0/s1. The summed E-state index contributed by atoms with van der Waals surface area (Å²) in [5.74, 6) is -0.423. The van der Waals surface area contributed by atoms with Crippen LogP contribution in [0.25, 0.3) is 11.0 Å². The first kappa shape index (κ1) is 38.6. The fourth-order valence-electron chi connectivity index (χ4n) is 5.12. The number of ketones is 1. The number of unbranched alkanes of at least 4 members (excludes halogenated alkanes) is 1. The molecule has 3 rings (SSSR count). The Morgan fingerprint density at radius 2 is 1.96 bits per heavy atom. The van der Waals surface area contributed by atoms with Crippen LogP contribution in [0.4, 0.5) is 4.79 Å². The number of Topliss-reactive ketones (excluding diaryl/α,β-unsaturated/α-hetero) is 1. The number of fused-ring (bicyclic) bond motifs is 1. The first-order valence-corrected chi connectivity index (χ1v) is 18.6. The summed E-state index contributed by atoms with van der Waals surface area (Å²) in [7, 11) is 0.894. The van der Waals surface area contributed by atoms with Crippen LogP contribution in [0.1, 0.15) is 71.8 Å². The van der Waals surface area contributed by atoms with Gasteiger partial charge in [0.25, 0.3) is 5.91 Å². The number of likely N-dealkylation sites (tertiary alicyclic amines) is 1. The lowest BCUT2D eigenvalue weighted by Gasteiger charge is -2.25. The van der Waals surface area contributed by atoms with Crippen LogP contribution in [0.2, 0.25) is 0 Å². The molecule has 2 heterocycles. The average molecular weight is 708 g/mol. The Hall–Kier alpha value is -3.89. The molecule has 1 aliphatic rings. The molecule has 2 amide bonds. The van der Waals surface area contributed by atoms with Crippen molar-refractivity contribution in [2.75, 3.05) is 26.3 Å². The molecule has 2 aromatic rings. The van der Waals surface area contributed by atoms with Gasteiger partial charge in [0.15, 0.2) is 15.0 Å². The number of carbonyl (C=O) groups is 4. The van der Waals surface area contributed by atoms with E-state index in [0.717, 1.165) is 6.40 Å². The van der Waals surface area contributed by atoms with Gasteiger partial charge in [0.05, 0.1) is 13.2 Å². The van der Waals surface area contributed by atoms with E-state index in [0.29, 0.717) is 73.9 Å². The Morgan fingerprint density at radius 1 is 1.19 bits per heavy atom. The van der Waals surface area contributed by atoms with E-state index in [-0.39, 0.29) is 31.3 Å². The maximum Gasteiger partial charge on any atom is 0.429 e. The first-order valence-electron chi connectivity index (χ1n) is 15.8. The van der Waals surface area contributed by atoms with Crippen molar-refractivity contribution >= 4 is 57.7 Å². The molecule has 4 atom stereocenters. The van der Waals surface area contributed by atoms with Crippen LogP contribution >= 0.6 is 16.6 Å². The van der Waals surface area contributed by atoms with Crippen LogP contribution in [-0.2, 0) is 34.8 Å². The molecule has 48 heavy (non-hydrogen) atoms. The fourth-order valence-corrected chi connectivity index (χ4v) is 6.43. The van der Waals surface area contributed by atoms with E-state index in [9.17, 15) is 24.0 Å². The van der Waals surface area contributed by atoms with Crippen LogP contribution in [0.3, 0.4) is 0 Å². The van der Waals surface area contributed by atoms with Crippen molar-refractivity contribution < 1.29 is 42.3 Å². The summed E-state index contributed by atoms with van der Waals surface area (Å²) < 4.78 is 31.4. The first-order chi connectivity index (χ1) is 22.8. The Morgan fingerprint density at radius 3 is 2.67 bits per heavy atom. The predicted molar refractivity (Wildman–Crippen MR) is 183 cm³/mol. The molecular formula is C32H45N4O10P2+. The van der Waals surface area contributed by atoms with Crippen LogP contribution in [-0.4, -0.2) is 79.0 Å². The molecular weight excluding hydrogens is 662 g/mol. The largest absolute Gasteiger partial charge is 0.493 e. The summed E-state index contributed by atoms with van der Waals surface area (Å²) in [4.78, 5) is 63.6. The highest BCUT2D eigenvalue weighted by atomic mass is 32.0. The summed E-state index contributed by atoms with van der Waals surface area (Å²) in [6, 6.07) is 4.82. The highest BCUT2D eigenvalue weighted by Gasteiger charge is 2.39. The number of alkyl carbamates (subject to hydrolysis) is 1. The molecule has 0 aliphatic carbocycles. The molecule has 1 aliphatic heterocycles. The van der Waals surface area contributed by atoms with Gasteiger partial charge in [-0.3, -0.25) is 19.5 Å². The molecule has 1 aromatic carbocycles. The van der Waals surface area contributed by atoms with Gasteiger partial charge in [0, 0.05) is 43.5 Å². The van der Waals surface area contributed by atoms with Gasteiger partial charge < -0.3 is 28.8 Å². The molecule has 1 saturated heterocycles. The second kappa shape index (κ2) is 18.6. The number of amides is 2. The minimum absolute atomic E-state index is 0.0682. The van der Waals surface area contributed by atoms with Crippen LogP contribution in [0, 0.1) is 5.41 Å². The Labute approximate surface area is 282 Å². The summed E-state index contributed by atoms with van der Waals surface area (Å²) in [5.41, 5.74) is -0.248. The molecule has 0 spiro atoms. The van der Waals surface area contributed by atoms with Crippen molar-refractivity contribution in [1.29, 1.82) is 5.41 Å². The molecule has 2 N–H and O–H groups in total. The van der Waals surface area contributed by atoms with E-state index in [1.807, 2.05) is 0 Å². The van der Waals surface area contributed by atoms with Gasteiger partial charge >= 0.3 is 25.3 Å². The van der Waals surface area contributed by atoms with Gasteiger partial charge in [-0.15, -0.1) is 0 Å². The molecule has 0 radical (unpaired) electrons. The Bertz CT molecular complexity index is 1560. The molecule has 1 fully saturated rings. The van der Waals surface area contributed by atoms with E-state index in [1.165, 1.54) is 17.9 Å². The smallest absolute Gasteiger partial charge is 0.429 e. The monoisotopic (exact) mass is 707 g/mol. The highest BCUT2D eigenvalue weighted by Crippen LogP contribution is 2.37. The number of rotatable bonds is 17. The highest BCUT2D eigenvalue weighted by molar-refractivity contribution is 8.05. The van der Waals surface area contributed by atoms with E-state index < -0.39 is 43.0 Å². The SMILES string of the molecule is CC(=O)Cc1cc(=O)oc2cc(OCCCOC(=O)C3CCCN3C(=O)[C@H](CCCCNC(=O)OC(C)(C)C)N=[P+](P)OC=N)ccc12. The van der Waals surface area contributed by atoms with Gasteiger partial charge in [-0.05, 0) is 77.5 Å². The van der Waals surface area contributed by atoms with Crippen LogP contribution in [0.5, 0.6) is 5.75 Å². The van der Waals surface area contributed by atoms with Crippen molar-refractivity contribution in [3.8, 4) is 5.75 Å². The quantitative estimate of drug-likeness (QED) is 0.0547. The fraction of sp³-hybridized carbons (Fsp3) is 0.562. The Kier molecular flexibility index (Phi) is 14.9. The number of nitrogens with zero attached hydrogens (tertiary/aromatic N) is 2. The van der Waals surface area contributed by atoms with Gasteiger partial charge in [0.2, 0.25) is 6.40 Å². The van der Waals surface area contributed by atoms with Crippen molar-refractivity contribution in [3.63, 3.8) is 0 Å². The van der Waals surface area contributed by atoms with Crippen molar-refractivity contribution in [1.82, 2.24) is 10.2 Å². The van der Waals surface area contributed by atoms with Gasteiger partial charge in [-0.25, -0.2) is 14.4 Å². The number of nitrogens with one attached hydrogen (secondary N) is 2. The molecule has 0 saturated carbocycles. The lowest BCUT2D eigenvalue weighted by Crippen LogP contribution is -2.45.